The molecule has 0 fully saturated rings. The largest absolute Gasteiger partial charge is 0.478 e. The van der Waals surface area contributed by atoms with E-state index in [0.717, 1.165) is 43.8 Å². The van der Waals surface area contributed by atoms with Gasteiger partial charge in [0.1, 0.15) is 17.3 Å². The number of benzene rings is 1. The number of pyridine rings is 2. The Balaban J connectivity index is 1.56. The lowest BCUT2D eigenvalue weighted by molar-refractivity contribution is 0.0996. The molecular weight excluding hydrogens is 480 g/mol. The molecule has 0 saturated heterocycles. The van der Waals surface area contributed by atoms with Crippen LogP contribution < -0.4 is 10.5 Å². The average molecular weight is 508 g/mol. The first-order valence-corrected chi connectivity index (χ1v) is 11.9. The van der Waals surface area contributed by atoms with E-state index >= 15 is 0 Å². The van der Waals surface area contributed by atoms with Crippen LogP contribution >= 0.6 is 0 Å². The van der Waals surface area contributed by atoms with Gasteiger partial charge in [-0.15, -0.1) is 0 Å². The van der Waals surface area contributed by atoms with Gasteiger partial charge < -0.3 is 20.4 Å². The van der Waals surface area contributed by atoms with Crippen LogP contribution in [0.15, 0.2) is 48.9 Å². The van der Waals surface area contributed by atoms with Crippen LogP contribution in [0.3, 0.4) is 0 Å². The number of amides is 1. The lowest BCUT2D eigenvalue weighted by atomic mass is 9.98. The highest BCUT2D eigenvalue weighted by atomic mass is 19.1. The summed E-state index contributed by atoms with van der Waals surface area (Å²) in [7, 11) is 0. The first-order valence-electron chi connectivity index (χ1n) is 11.9. The average Bonchev–Trinajstić information content (AvgIpc) is 3.32. The van der Waals surface area contributed by atoms with Crippen molar-refractivity contribution in [3.63, 3.8) is 0 Å². The summed E-state index contributed by atoms with van der Waals surface area (Å²) in [6, 6.07) is 7.00. The number of fused-ring (bicyclic) bond motifs is 1. The predicted octanol–water partition coefficient (Wildman–Crippen LogP) is 4.34. The van der Waals surface area contributed by atoms with E-state index in [1.807, 2.05) is 6.07 Å². The van der Waals surface area contributed by atoms with Crippen molar-refractivity contribution in [3.05, 3.63) is 77.2 Å². The number of ketones is 1. The molecule has 0 bridgehead atoms. The number of ether oxygens (including phenoxy) is 1. The lowest BCUT2D eigenvalue weighted by Crippen LogP contribution is -2.25. The Hall–Kier alpha value is -4.18. The van der Waals surface area contributed by atoms with Crippen molar-refractivity contribution >= 4 is 22.7 Å². The van der Waals surface area contributed by atoms with Crippen LogP contribution in [-0.4, -0.2) is 57.8 Å². The molecule has 4 rings (SSSR count). The smallest absolute Gasteiger partial charge is 0.251 e. The van der Waals surface area contributed by atoms with Crippen molar-refractivity contribution in [1.29, 1.82) is 0 Å². The minimum absolute atomic E-state index is 0.00452. The number of hydrogen-bond donors (Lipinski definition) is 2. The van der Waals surface area contributed by atoms with Gasteiger partial charge in [-0.3, -0.25) is 9.59 Å². The van der Waals surface area contributed by atoms with E-state index in [9.17, 15) is 18.4 Å². The topological polar surface area (TPSA) is 114 Å². The molecule has 0 aliphatic rings. The standard InChI is InChI=1S/C27H27F2N5O3/c1-3-34(4-2)10-5-11-37-22-9-6-16(13-31-22)17-12-19-20(15-33-27(19)32-14-17)25(35)23-21(28)8-7-18(24(23)29)26(30)36/h6-9,12-15H,3-5,10-11H2,1-2H3,(H2,30,36)(H,32,33). The van der Waals surface area contributed by atoms with Gasteiger partial charge in [-0.25, -0.2) is 18.7 Å². The number of nitrogens with zero attached hydrogens (tertiary/aromatic N) is 3. The summed E-state index contributed by atoms with van der Waals surface area (Å²) in [5.74, 6) is -3.93. The molecule has 3 heterocycles. The first-order chi connectivity index (χ1) is 17.8. The maximum atomic E-state index is 14.8. The summed E-state index contributed by atoms with van der Waals surface area (Å²) in [5, 5.41) is 0.363. The van der Waals surface area contributed by atoms with Crippen molar-refractivity contribution in [2.24, 2.45) is 5.73 Å². The Kier molecular flexibility index (Phi) is 7.88. The van der Waals surface area contributed by atoms with Crippen LogP contribution in [0.25, 0.3) is 22.2 Å². The first kappa shape index (κ1) is 25.9. The van der Waals surface area contributed by atoms with Crippen LogP contribution in [0.5, 0.6) is 5.88 Å². The second-order valence-electron chi connectivity index (χ2n) is 8.41. The number of hydrogen-bond acceptors (Lipinski definition) is 6. The summed E-state index contributed by atoms with van der Waals surface area (Å²) in [4.78, 5) is 38.4. The Morgan fingerprint density at radius 3 is 2.46 bits per heavy atom. The second-order valence-corrected chi connectivity index (χ2v) is 8.41. The fourth-order valence-corrected chi connectivity index (χ4v) is 4.08. The fourth-order valence-electron chi connectivity index (χ4n) is 4.08. The van der Waals surface area contributed by atoms with Gasteiger partial charge in [0.25, 0.3) is 5.91 Å². The van der Waals surface area contributed by atoms with Crippen LogP contribution in [-0.2, 0) is 0 Å². The molecule has 0 unspecified atom stereocenters. The molecule has 3 aromatic heterocycles. The highest BCUT2D eigenvalue weighted by molar-refractivity contribution is 6.17. The third-order valence-corrected chi connectivity index (χ3v) is 6.19. The predicted molar refractivity (Wildman–Crippen MR) is 136 cm³/mol. The Morgan fingerprint density at radius 1 is 1.03 bits per heavy atom. The molecule has 0 saturated carbocycles. The van der Waals surface area contributed by atoms with E-state index < -0.39 is 34.5 Å². The molecule has 37 heavy (non-hydrogen) atoms. The Bertz CT molecular complexity index is 1430. The molecule has 1 aromatic carbocycles. The van der Waals surface area contributed by atoms with Crippen LogP contribution in [0.1, 0.15) is 46.5 Å². The molecule has 0 atom stereocenters. The van der Waals surface area contributed by atoms with Gasteiger partial charge in [-0.05, 0) is 43.8 Å². The lowest BCUT2D eigenvalue weighted by Gasteiger charge is -2.17. The third-order valence-electron chi connectivity index (χ3n) is 6.19. The normalized spacial score (nSPS) is 11.3. The molecule has 192 valence electrons. The second kappa shape index (κ2) is 11.3. The monoisotopic (exact) mass is 507 g/mol. The number of aromatic amines is 1. The summed E-state index contributed by atoms with van der Waals surface area (Å²) in [6.45, 7) is 7.76. The number of H-pyrrole nitrogens is 1. The van der Waals surface area contributed by atoms with Gasteiger partial charge in [-0.2, -0.15) is 0 Å². The molecule has 1 amide bonds. The van der Waals surface area contributed by atoms with Gasteiger partial charge in [-0.1, -0.05) is 13.8 Å². The Labute approximate surface area is 212 Å². The van der Waals surface area contributed by atoms with Gasteiger partial charge in [0.15, 0.2) is 0 Å². The molecular formula is C27H27F2N5O3. The number of halogens is 2. The van der Waals surface area contributed by atoms with E-state index in [-0.39, 0.29) is 5.56 Å². The van der Waals surface area contributed by atoms with Crippen molar-refractivity contribution < 1.29 is 23.1 Å². The maximum Gasteiger partial charge on any atom is 0.251 e. The number of rotatable bonds is 11. The van der Waals surface area contributed by atoms with Crippen LogP contribution in [0.2, 0.25) is 0 Å². The Morgan fingerprint density at radius 2 is 1.78 bits per heavy atom. The van der Waals surface area contributed by atoms with E-state index in [2.05, 4.69) is 33.7 Å². The molecule has 10 heteroatoms. The number of primary amides is 1. The van der Waals surface area contributed by atoms with E-state index in [0.29, 0.717) is 29.1 Å². The van der Waals surface area contributed by atoms with Gasteiger partial charge >= 0.3 is 0 Å². The zero-order chi connectivity index (χ0) is 26.5. The van der Waals surface area contributed by atoms with Gasteiger partial charge in [0.05, 0.1) is 17.7 Å². The summed E-state index contributed by atoms with van der Waals surface area (Å²) < 4.78 is 35.0. The summed E-state index contributed by atoms with van der Waals surface area (Å²) in [6.07, 6.45) is 5.45. The van der Waals surface area contributed by atoms with Gasteiger partial charge in [0.2, 0.25) is 11.7 Å². The summed E-state index contributed by atoms with van der Waals surface area (Å²) >= 11 is 0. The number of aromatic nitrogens is 3. The van der Waals surface area contributed by atoms with Crippen LogP contribution in [0, 0.1) is 11.6 Å². The quantitative estimate of drug-likeness (QED) is 0.231. The van der Waals surface area contributed by atoms with Gasteiger partial charge in [0, 0.05) is 53.3 Å². The van der Waals surface area contributed by atoms with E-state index in [4.69, 9.17) is 10.5 Å². The van der Waals surface area contributed by atoms with Crippen molar-refractivity contribution in [1.82, 2.24) is 19.9 Å². The number of carbonyl (C=O) groups is 2. The molecule has 3 N–H and O–H groups in total. The zero-order valence-electron chi connectivity index (χ0n) is 20.6. The van der Waals surface area contributed by atoms with Crippen molar-refractivity contribution in [2.45, 2.75) is 20.3 Å². The SMILES string of the molecule is CCN(CC)CCCOc1ccc(-c2cnc3[nH]cc(C(=O)c4c(F)ccc(C(N)=O)c4F)c3c2)cn1. The van der Waals surface area contributed by atoms with Crippen molar-refractivity contribution in [2.75, 3.05) is 26.2 Å². The molecule has 0 spiro atoms. The minimum atomic E-state index is -1.30. The highest BCUT2D eigenvalue weighted by Gasteiger charge is 2.26. The van der Waals surface area contributed by atoms with E-state index in [1.165, 1.54) is 6.20 Å². The molecule has 8 nitrogen and oxygen atoms in total. The molecule has 0 radical (unpaired) electrons. The van der Waals surface area contributed by atoms with E-state index in [1.54, 1.807) is 24.5 Å². The van der Waals surface area contributed by atoms with Crippen LogP contribution in [0.4, 0.5) is 8.78 Å². The number of carbonyl (C=O) groups excluding carboxylic acids is 2. The molecule has 0 aliphatic carbocycles. The summed E-state index contributed by atoms with van der Waals surface area (Å²) in [5.41, 5.74) is 5.46. The molecule has 0 aliphatic heterocycles. The number of nitrogens with one attached hydrogen (secondary N) is 1. The zero-order valence-corrected chi connectivity index (χ0v) is 20.6. The third kappa shape index (κ3) is 5.49. The van der Waals surface area contributed by atoms with Crippen molar-refractivity contribution in [3.8, 4) is 17.0 Å². The minimum Gasteiger partial charge on any atom is -0.478 e. The number of nitrogens with two attached hydrogens (primary N) is 1. The highest BCUT2D eigenvalue weighted by Crippen LogP contribution is 2.28. The molecule has 4 aromatic rings. The fraction of sp³-hybridized carbons (Fsp3) is 0.259. The maximum absolute atomic E-state index is 14.8.